The van der Waals surface area contributed by atoms with Crippen molar-refractivity contribution < 1.29 is 19.4 Å². The molecular formula is C17H18N2O4. The summed E-state index contributed by atoms with van der Waals surface area (Å²) in [4.78, 5) is 22.8. The minimum Gasteiger partial charge on any atom is -0.479 e. The molecule has 0 saturated heterocycles. The number of carbonyl (C=O) groups is 2. The summed E-state index contributed by atoms with van der Waals surface area (Å²) in [6.45, 7) is 4.11. The van der Waals surface area contributed by atoms with E-state index in [0.29, 0.717) is 17.9 Å². The van der Waals surface area contributed by atoms with Crippen molar-refractivity contribution in [1.29, 1.82) is 0 Å². The Labute approximate surface area is 134 Å². The fourth-order valence-electron chi connectivity index (χ4n) is 1.88. The number of carboxylic acid groups (broad SMARTS) is 1. The Morgan fingerprint density at radius 3 is 2.87 bits per heavy atom. The van der Waals surface area contributed by atoms with Gasteiger partial charge in [0.25, 0.3) is 0 Å². The third kappa shape index (κ3) is 4.54. The van der Waals surface area contributed by atoms with Crippen LogP contribution in [-0.2, 0) is 11.3 Å². The molecule has 0 fully saturated rings. The molecule has 120 valence electrons. The number of aliphatic carboxylic acids is 1. The van der Waals surface area contributed by atoms with Crippen molar-refractivity contribution in [2.75, 3.05) is 0 Å². The van der Waals surface area contributed by atoms with E-state index in [0.717, 1.165) is 5.56 Å². The Morgan fingerprint density at radius 2 is 2.22 bits per heavy atom. The van der Waals surface area contributed by atoms with E-state index in [1.54, 1.807) is 41.2 Å². The van der Waals surface area contributed by atoms with Crippen LogP contribution in [0.2, 0.25) is 0 Å². The molecule has 1 aromatic carbocycles. The van der Waals surface area contributed by atoms with E-state index in [9.17, 15) is 9.59 Å². The van der Waals surface area contributed by atoms with Gasteiger partial charge in [0.1, 0.15) is 5.75 Å². The number of hydrogen-bond acceptors (Lipinski definition) is 4. The van der Waals surface area contributed by atoms with Gasteiger partial charge in [0.05, 0.1) is 11.8 Å². The number of carbonyl (C=O) groups excluding carboxylic acids is 1. The number of benzene rings is 1. The lowest BCUT2D eigenvalue weighted by molar-refractivity contribution is -0.144. The molecule has 1 N–H and O–H groups in total. The molecule has 0 aliphatic heterocycles. The van der Waals surface area contributed by atoms with Crippen LogP contribution in [0.5, 0.6) is 5.75 Å². The van der Waals surface area contributed by atoms with Crippen LogP contribution in [0.25, 0.3) is 6.08 Å². The van der Waals surface area contributed by atoms with Crippen molar-refractivity contribution in [3.63, 3.8) is 0 Å². The second-order valence-electron chi connectivity index (χ2n) is 4.95. The summed E-state index contributed by atoms with van der Waals surface area (Å²) in [5, 5.41) is 12.9. The monoisotopic (exact) mass is 314 g/mol. The van der Waals surface area contributed by atoms with Gasteiger partial charge in [0.15, 0.2) is 11.9 Å². The van der Waals surface area contributed by atoms with E-state index < -0.39 is 12.1 Å². The fraction of sp³-hybridized carbons (Fsp3) is 0.235. The molecule has 0 aliphatic rings. The second kappa shape index (κ2) is 7.40. The molecule has 1 heterocycles. The lowest BCUT2D eigenvalue weighted by Gasteiger charge is -2.10. The van der Waals surface area contributed by atoms with Crippen LogP contribution < -0.4 is 4.74 Å². The third-order valence-corrected chi connectivity index (χ3v) is 3.19. The predicted octanol–water partition coefficient (Wildman–Crippen LogP) is 2.65. The van der Waals surface area contributed by atoms with Gasteiger partial charge < -0.3 is 9.84 Å². The molecule has 0 spiro atoms. The summed E-state index contributed by atoms with van der Waals surface area (Å²) in [6, 6.07) is 6.89. The van der Waals surface area contributed by atoms with E-state index in [4.69, 9.17) is 9.84 Å². The van der Waals surface area contributed by atoms with Gasteiger partial charge in [-0.25, -0.2) is 4.79 Å². The molecule has 23 heavy (non-hydrogen) atoms. The summed E-state index contributed by atoms with van der Waals surface area (Å²) >= 11 is 0. The molecule has 0 aliphatic carbocycles. The van der Waals surface area contributed by atoms with Crippen LogP contribution in [-0.4, -0.2) is 32.7 Å². The largest absolute Gasteiger partial charge is 0.479 e. The van der Waals surface area contributed by atoms with Crippen LogP contribution in [0.1, 0.15) is 29.8 Å². The number of ketones is 1. The smallest absolute Gasteiger partial charge is 0.344 e. The van der Waals surface area contributed by atoms with Crippen LogP contribution in [0.15, 0.2) is 42.7 Å². The molecular weight excluding hydrogens is 296 g/mol. The first-order valence-electron chi connectivity index (χ1n) is 7.24. The first-order valence-corrected chi connectivity index (χ1v) is 7.24. The van der Waals surface area contributed by atoms with E-state index in [-0.39, 0.29) is 5.78 Å². The van der Waals surface area contributed by atoms with Gasteiger partial charge in [-0.15, -0.1) is 0 Å². The molecule has 0 unspecified atom stereocenters. The molecule has 0 saturated carbocycles. The van der Waals surface area contributed by atoms with Gasteiger partial charge in [-0.2, -0.15) is 5.10 Å². The number of ether oxygens (including phenoxy) is 1. The van der Waals surface area contributed by atoms with Crippen molar-refractivity contribution in [2.24, 2.45) is 0 Å². The molecule has 0 bridgehead atoms. The number of nitrogens with zero attached hydrogens (tertiary/aromatic N) is 2. The molecule has 0 amide bonds. The van der Waals surface area contributed by atoms with Gasteiger partial charge >= 0.3 is 5.97 Å². The molecule has 2 aromatic rings. The topological polar surface area (TPSA) is 81.4 Å². The van der Waals surface area contributed by atoms with Gasteiger partial charge in [-0.3, -0.25) is 9.48 Å². The third-order valence-electron chi connectivity index (χ3n) is 3.19. The highest BCUT2D eigenvalue weighted by atomic mass is 16.5. The van der Waals surface area contributed by atoms with Crippen LogP contribution in [0.4, 0.5) is 0 Å². The Hall–Kier alpha value is -2.89. The fourth-order valence-corrected chi connectivity index (χ4v) is 1.88. The quantitative estimate of drug-likeness (QED) is 0.627. The van der Waals surface area contributed by atoms with Crippen molar-refractivity contribution in [3.8, 4) is 5.75 Å². The normalized spacial score (nSPS) is 12.3. The summed E-state index contributed by atoms with van der Waals surface area (Å²) in [6.07, 6.45) is 5.40. The minimum absolute atomic E-state index is 0.144. The Morgan fingerprint density at radius 1 is 1.43 bits per heavy atom. The van der Waals surface area contributed by atoms with E-state index in [1.165, 1.54) is 19.2 Å². The first kappa shape index (κ1) is 16.5. The molecule has 2 rings (SSSR count). The summed E-state index contributed by atoms with van der Waals surface area (Å²) in [5.41, 5.74) is 1.27. The second-order valence-corrected chi connectivity index (χ2v) is 4.95. The zero-order valence-electron chi connectivity index (χ0n) is 13.0. The van der Waals surface area contributed by atoms with Crippen LogP contribution in [0.3, 0.4) is 0 Å². The maximum atomic E-state index is 12.1. The summed E-state index contributed by atoms with van der Waals surface area (Å²) in [5.74, 6) is -0.739. The SMILES string of the molecule is CCn1cc(C(=O)/C=C\c2cccc(O[C@H](C)C(=O)O)c2)cn1. The Kier molecular flexibility index (Phi) is 5.30. The lowest BCUT2D eigenvalue weighted by Crippen LogP contribution is -2.22. The summed E-state index contributed by atoms with van der Waals surface area (Å²) < 4.78 is 6.98. The van der Waals surface area contributed by atoms with E-state index in [2.05, 4.69) is 5.10 Å². The van der Waals surface area contributed by atoms with Crippen LogP contribution >= 0.6 is 0 Å². The van der Waals surface area contributed by atoms with Crippen molar-refractivity contribution >= 4 is 17.8 Å². The number of hydrogen-bond donors (Lipinski definition) is 1. The van der Waals surface area contributed by atoms with Crippen molar-refractivity contribution in [3.05, 3.63) is 53.9 Å². The summed E-state index contributed by atoms with van der Waals surface area (Å²) in [7, 11) is 0. The van der Waals surface area contributed by atoms with Crippen molar-refractivity contribution in [1.82, 2.24) is 9.78 Å². The van der Waals surface area contributed by atoms with Gasteiger partial charge in [0, 0.05) is 12.7 Å². The van der Waals surface area contributed by atoms with Gasteiger partial charge in [-0.05, 0) is 37.6 Å². The van der Waals surface area contributed by atoms with Crippen LogP contribution in [0, 0.1) is 0 Å². The zero-order valence-corrected chi connectivity index (χ0v) is 13.0. The highest BCUT2D eigenvalue weighted by Crippen LogP contribution is 2.16. The predicted molar refractivity (Wildman–Crippen MR) is 85.4 cm³/mol. The highest BCUT2D eigenvalue weighted by molar-refractivity contribution is 6.06. The molecule has 0 radical (unpaired) electrons. The number of carboxylic acids is 1. The number of aryl methyl sites for hydroxylation is 1. The molecule has 6 nitrogen and oxygen atoms in total. The molecule has 6 heteroatoms. The Balaban J connectivity index is 2.07. The minimum atomic E-state index is -1.03. The average molecular weight is 314 g/mol. The molecule has 1 atom stereocenters. The van der Waals surface area contributed by atoms with Crippen molar-refractivity contribution in [2.45, 2.75) is 26.5 Å². The van der Waals surface area contributed by atoms with E-state index in [1.807, 2.05) is 6.92 Å². The maximum absolute atomic E-state index is 12.1. The number of rotatable bonds is 7. The lowest BCUT2D eigenvalue weighted by atomic mass is 10.1. The average Bonchev–Trinajstić information content (AvgIpc) is 3.02. The van der Waals surface area contributed by atoms with Gasteiger partial charge in [-0.1, -0.05) is 18.2 Å². The number of aromatic nitrogens is 2. The first-order chi connectivity index (χ1) is 11.0. The zero-order chi connectivity index (χ0) is 16.8. The maximum Gasteiger partial charge on any atom is 0.344 e. The molecule has 1 aromatic heterocycles. The number of allylic oxidation sites excluding steroid dienone is 1. The standard InChI is InChI=1S/C17H18N2O4/c1-3-19-11-14(10-18-19)16(20)8-7-13-5-4-6-15(9-13)23-12(2)17(21)22/h4-12H,3H2,1-2H3,(H,21,22)/b8-7-/t12-/m1/s1. The van der Waals surface area contributed by atoms with Gasteiger partial charge in [0.2, 0.25) is 0 Å². The van der Waals surface area contributed by atoms with E-state index >= 15 is 0 Å². The Bertz CT molecular complexity index is 734. The highest BCUT2D eigenvalue weighted by Gasteiger charge is 2.12.